The van der Waals surface area contributed by atoms with Gasteiger partial charge in [-0.3, -0.25) is 4.79 Å². The second kappa shape index (κ2) is 6.17. The standard InChI is InChI=1S/C9H18N2O4S/c1-2-15-9(12)5-6-10-16(13,14)11-7-3-4-8-11/h10H,2-8H2,1H3. The van der Waals surface area contributed by atoms with Crippen LogP contribution in [0.15, 0.2) is 0 Å². The van der Waals surface area contributed by atoms with Crippen molar-refractivity contribution < 1.29 is 17.9 Å². The van der Waals surface area contributed by atoms with Gasteiger partial charge in [0.2, 0.25) is 0 Å². The van der Waals surface area contributed by atoms with Crippen molar-refractivity contribution in [2.75, 3.05) is 26.2 Å². The fourth-order valence-corrected chi connectivity index (χ4v) is 2.82. The highest BCUT2D eigenvalue weighted by atomic mass is 32.2. The first-order valence-electron chi connectivity index (χ1n) is 5.46. The highest BCUT2D eigenvalue weighted by molar-refractivity contribution is 7.87. The average molecular weight is 250 g/mol. The monoisotopic (exact) mass is 250 g/mol. The molecule has 1 saturated heterocycles. The van der Waals surface area contributed by atoms with Crippen LogP contribution in [0.1, 0.15) is 26.2 Å². The van der Waals surface area contributed by atoms with Gasteiger partial charge in [-0.25, -0.2) is 4.72 Å². The summed E-state index contributed by atoms with van der Waals surface area (Å²) in [5.41, 5.74) is 0. The molecule has 0 atom stereocenters. The van der Waals surface area contributed by atoms with E-state index in [0.717, 1.165) is 12.8 Å². The van der Waals surface area contributed by atoms with E-state index in [2.05, 4.69) is 4.72 Å². The molecule has 0 spiro atoms. The van der Waals surface area contributed by atoms with E-state index in [1.807, 2.05) is 0 Å². The molecule has 6 nitrogen and oxygen atoms in total. The molecule has 0 aromatic carbocycles. The van der Waals surface area contributed by atoms with E-state index in [9.17, 15) is 13.2 Å². The van der Waals surface area contributed by atoms with Gasteiger partial charge in [0, 0.05) is 19.6 Å². The summed E-state index contributed by atoms with van der Waals surface area (Å²) in [6.45, 7) is 3.26. The van der Waals surface area contributed by atoms with Crippen LogP contribution in [0.2, 0.25) is 0 Å². The Balaban J connectivity index is 2.28. The summed E-state index contributed by atoms with van der Waals surface area (Å²) in [5, 5.41) is 0. The maximum absolute atomic E-state index is 11.6. The van der Waals surface area contributed by atoms with E-state index in [1.54, 1.807) is 6.92 Å². The van der Waals surface area contributed by atoms with Crippen LogP contribution in [0, 0.1) is 0 Å². The number of esters is 1. The minimum absolute atomic E-state index is 0.0703. The van der Waals surface area contributed by atoms with Crippen molar-refractivity contribution in [1.29, 1.82) is 0 Å². The summed E-state index contributed by atoms with van der Waals surface area (Å²) in [4.78, 5) is 11.0. The van der Waals surface area contributed by atoms with Gasteiger partial charge in [0.15, 0.2) is 0 Å². The number of rotatable bonds is 6. The minimum atomic E-state index is -3.40. The Morgan fingerprint density at radius 3 is 2.56 bits per heavy atom. The predicted molar refractivity (Wildman–Crippen MR) is 59.0 cm³/mol. The third kappa shape index (κ3) is 4.07. The van der Waals surface area contributed by atoms with E-state index < -0.39 is 10.2 Å². The number of nitrogens with zero attached hydrogens (tertiary/aromatic N) is 1. The average Bonchev–Trinajstić information content (AvgIpc) is 2.71. The molecular formula is C9H18N2O4S. The van der Waals surface area contributed by atoms with Crippen LogP contribution in [-0.4, -0.2) is 44.9 Å². The third-order valence-corrected chi connectivity index (χ3v) is 3.94. The number of carbonyl (C=O) groups excluding carboxylic acids is 1. The van der Waals surface area contributed by atoms with Crippen LogP contribution in [0.3, 0.4) is 0 Å². The predicted octanol–water partition coefficient (Wildman–Crippen LogP) is -0.130. The molecule has 94 valence electrons. The van der Waals surface area contributed by atoms with Crippen molar-refractivity contribution in [1.82, 2.24) is 9.03 Å². The molecule has 16 heavy (non-hydrogen) atoms. The van der Waals surface area contributed by atoms with Crippen molar-refractivity contribution in [2.24, 2.45) is 0 Å². The highest BCUT2D eigenvalue weighted by Gasteiger charge is 2.24. The van der Waals surface area contributed by atoms with Crippen molar-refractivity contribution in [3.05, 3.63) is 0 Å². The summed E-state index contributed by atoms with van der Waals surface area (Å²) in [6, 6.07) is 0. The van der Waals surface area contributed by atoms with E-state index in [1.165, 1.54) is 4.31 Å². The molecule has 0 saturated carbocycles. The Morgan fingerprint density at radius 2 is 2.00 bits per heavy atom. The SMILES string of the molecule is CCOC(=O)CCNS(=O)(=O)N1CCCC1. The zero-order valence-corrected chi connectivity index (χ0v) is 10.3. The van der Waals surface area contributed by atoms with Gasteiger partial charge >= 0.3 is 5.97 Å². The largest absolute Gasteiger partial charge is 0.466 e. The molecule has 1 aliphatic heterocycles. The first-order valence-corrected chi connectivity index (χ1v) is 6.90. The molecule has 0 unspecified atom stereocenters. The first kappa shape index (κ1) is 13.4. The topological polar surface area (TPSA) is 75.7 Å². The number of nitrogens with one attached hydrogen (secondary N) is 1. The summed E-state index contributed by atoms with van der Waals surface area (Å²) in [6.07, 6.45) is 1.87. The van der Waals surface area contributed by atoms with Crippen LogP contribution in [0.25, 0.3) is 0 Å². The maximum atomic E-state index is 11.6. The fraction of sp³-hybridized carbons (Fsp3) is 0.889. The lowest BCUT2D eigenvalue weighted by Gasteiger charge is -2.15. The zero-order chi connectivity index (χ0) is 12.0. The van der Waals surface area contributed by atoms with Gasteiger partial charge in [0.05, 0.1) is 13.0 Å². The lowest BCUT2D eigenvalue weighted by atomic mass is 10.4. The van der Waals surface area contributed by atoms with E-state index in [4.69, 9.17) is 4.74 Å². The van der Waals surface area contributed by atoms with Crippen LogP contribution >= 0.6 is 0 Å². The number of carbonyl (C=O) groups is 1. The Kier molecular flexibility index (Phi) is 5.17. The molecule has 1 N–H and O–H groups in total. The van der Waals surface area contributed by atoms with Gasteiger partial charge in [0.25, 0.3) is 10.2 Å². The molecular weight excluding hydrogens is 232 g/mol. The van der Waals surface area contributed by atoms with Gasteiger partial charge in [-0.1, -0.05) is 0 Å². The van der Waals surface area contributed by atoms with E-state index >= 15 is 0 Å². The summed E-state index contributed by atoms with van der Waals surface area (Å²) in [5.74, 6) is -0.383. The molecule has 0 bridgehead atoms. The van der Waals surface area contributed by atoms with Crippen molar-refractivity contribution in [3.8, 4) is 0 Å². The van der Waals surface area contributed by atoms with Crippen LogP contribution in [-0.2, 0) is 19.7 Å². The smallest absolute Gasteiger partial charge is 0.307 e. The quantitative estimate of drug-likeness (QED) is 0.666. The molecule has 1 fully saturated rings. The second-order valence-corrected chi connectivity index (χ2v) is 5.32. The van der Waals surface area contributed by atoms with Crippen molar-refractivity contribution >= 4 is 16.2 Å². The lowest BCUT2D eigenvalue weighted by molar-refractivity contribution is -0.142. The number of hydrogen-bond acceptors (Lipinski definition) is 4. The molecule has 0 aromatic heterocycles. The highest BCUT2D eigenvalue weighted by Crippen LogP contribution is 2.10. The Bertz CT molecular complexity index is 322. The molecule has 0 radical (unpaired) electrons. The second-order valence-electron chi connectivity index (χ2n) is 3.56. The van der Waals surface area contributed by atoms with Gasteiger partial charge in [-0.05, 0) is 19.8 Å². The van der Waals surface area contributed by atoms with Crippen molar-refractivity contribution in [3.63, 3.8) is 0 Å². The molecule has 1 heterocycles. The Hall–Kier alpha value is -0.660. The Labute approximate surface area is 96.1 Å². The van der Waals surface area contributed by atoms with Gasteiger partial charge in [-0.15, -0.1) is 0 Å². The summed E-state index contributed by atoms with van der Waals surface area (Å²) < 4.78 is 31.8. The van der Waals surface area contributed by atoms with Crippen molar-refractivity contribution in [2.45, 2.75) is 26.2 Å². The third-order valence-electron chi connectivity index (χ3n) is 2.32. The first-order chi connectivity index (χ1) is 7.56. The molecule has 7 heteroatoms. The van der Waals surface area contributed by atoms with E-state index in [-0.39, 0.29) is 18.9 Å². The molecule has 0 aliphatic carbocycles. The molecule has 0 aromatic rings. The van der Waals surface area contributed by atoms with Gasteiger partial charge < -0.3 is 4.74 Å². The van der Waals surface area contributed by atoms with Crippen LogP contribution < -0.4 is 4.72 Å². The lowest BCUT2D eigenvalue weighted by Crippen LogP contribution is -2.39. The number of hydrogen-bond donors (Lipinski definition) is 1. The minimum Gasteiger partial charge on any atom is -0.466 e. The fourth-order valence-electron chi connectivity index (χ4n) is 1.53. The molecule has 1 rings (SSSR count). The molecule has 0 amide bonds. The van der Waals surface area contributed by atoms with Crippen LogP contribution in [0.5, 0.6) is 0 Å². The number of ether oxygens (including phenoxy) is 1. The van der Waals surface area contributed by atoms with Gasteiger partial charge in [0.1, 0.15) is 0 Å². The normalized spacial score (nSPS) is 17.6. The van der Waals surface area contributed by atoms with E-state index in [0.29, 0.717) is 19.7 Å². The maximum Gasteiger partial charge on any atom is 0.307 e. The van der Waals surface area contributed by atoms with Gasteiger partial charge in [-0.2, -0.15) is 12.7 Å². The summed E-state index contributed by atoms with van der Waals surface area (Å²) >= 11 is 0. The zero-order valence-electron chi connectivity index (χ0n) is 9.44. The molecule has 1 aliphatic rings. The van der Waals surface area contributed by atoms with Crippen LogP contribution in [0.4, 0.5) is 0 Å². The summed E-state index contributed by atoms with van der Waals surface area (Å²) in [7, 11) is -3.40. The Morgan fingerprint density at radius 1 is 1.38 bits per heavy atom.